The summed E-state index contributed by atoms with van der Waals surface area (Å²) in [6.07, 6.45) is 1.47. The Morgan fingerprint density at radius 2 is 2.12 bits per heavy atom. The molecule has 0 unspecified atom stereocenters. The van der Waals surface area contributed by atoms with Gasteiger partial charge in [-0.2, -0.15) is 18.2 Å². The van der Waals surface area contributed by atoms with Crippen LogP contribution in [0.5, 0.6) is 0 Å². The van der Waals surface area contributed by atoms with Crippen molar-refractivity contribution < 1.29 is 51.4 Å². The van der Waals surface area contributed by atoms with E-state index in [1.165, 1.54) is 6.33 Å². The maximum atomic E-state index is 5.73. The molecule has 0 fully saturated rings. The molecule has 2 heterocycles. The van der Waals surface area contributed by atoms with E-state index in [4.69, 9.17) is 5.73 Å². The van der Waals surface area contributed by atoms with E-state index in [0.29, 0.717) is 5.82 Å². The topological polar surface area (TPSA) is 67.6 Å². The summed E-state index contributed by atoms with van der Waals surface area (Å²) in [6.45, 7) is 0. The second-order valence-electron chi connectivity index (χ2n) is 3.08. The Morgan fingerprint density at radius 3 is 2.94 bits per heavy atom. The Morgan fingerprint density at radius 1 is 1.31 bits per heavy atom. The summed E-state index contributed by atoms with van der Waals surface area (Å²) in [6, 6.07) is 8.69. The number of hydrogen-bond acceptors (Lipinski definition) is 3. The normalized spacial score (nSPS) is 9.75. The number of fused-ring (bicyclic) bond motifs is 3. The van der Waals surface area contributed by atoms with Crippen LogP contribution in [0.1, 0.15) is 0 Å². The van der Waals surface area contributed by atoms with E-state index in [-0.39, 0.29) is 58.8 Å². The van der Waals surface area contributed by atoms with Crippen LogP contribution in [-0.4, -0.2) is 15.0 Å². The largest absolute Gasteiger partial charge is 1.00 e. The van der Waals surface area contributed by atoms with Gasteiger partial charge in [0.25, 0.3) is 0 Å². The van der Waals surface area contributed by atoms with Gasteiger partial charge in [-0.05, 0) is 0 Å². The van der Waals surface area contributed by atoms with Crippen molar-refractivity contribution in [2.24, 2.45) is 0 Å². The average Bonchev–Trinajstić information content (AvgIpc) is 2.59. The molecule has 0 atom stereocenters. The first-order chi connectivity index (χ1) is 6.86. The quantitative estimate of drug-likeness (QED) is 0.387. The molecule has 3 aromatic rings. The fraction of sp³-hybridized carbons (Fsp3) is 0. The maximum Gasteiger partial charge on any atom is 1.00 e. The minimum atomic E-state index is 0. The van der Waals surface area contributed by atoms with Crippen LogP contribution in [0.25, 0.3) is 21.9 Å². The van der Waals surface area contributed by atoms with Gasteiger partial charge < -0.3 is 18.1 Å². The van der Waals surface area contributed by atoms with Crippen LogP contribution in [-0.2, 0) is 0 Å². The number of aromatic nitrogens is 3. The number of nitrogens with two attached hydrogens (primary N) is 1. The molecule has 0 radical (unpaired) electrons. The SMILES string of the molecule is Nc1ncnc2c1[nH]c1cc[c-]cc12.[CH3-].[K+]. The first-order valence-electron chi connectivity index (χ1n) is 4.24. The minimum absolute atomic E-state index is 0. The molecule has 0 aliphatic heterocycles. The molecule has 5 heteroatoms. The number of nitrogens with zero attached hydrogens (tertiary/aromatic N) is 2. The molecule has 1 aromatic carbocycles. The first-order valence-corrected chi connectivity index (χ1v) is 4.24. The number of nitrogen functional groups attached to an aromatic ring is 1. The molecule has 0 spiro atoms. The van der Waals surface area contributed by atoms with Gasteiger partial charge in [-0.3, -0.25) is 0 Å². The number of aromatic amines is 1. The van der Waals surface area contributed by atoms with Crippen LogP contribution < -0.4 is 57.1 Å². The Labute approximate surface area is 136 Å². The number of rotatable bonds is 0. The van der Waals surface area contributed by atoms with E-state index in [1.807, 2.05) is 18.2 Å². The van der Waals surface area contributed by atoms with Gasteiger partial charge in [0.15, 0.2) is 0 Å². The average molecular weight is 237 g/mol. The third-order valence-electron chi connectivity index (χ3n) is 2.26. The summed E-state index contributed by atoms with van der Waals surface area (Å²) in [5.74, 6) is 0.478. The molecule has 0 amide bonds. The summed E-state index contributed by atoms with van der Waals surface area (Å²) in [5.41, 5.74) is 8.38. The number of hydrogen-bond donors (Lipinski definition) is 2. The predicted octanol–water partition coefficient (Wildman–Crippen LogP) is -1.05. The summed E-state index contributed by atoms with van der Waals surface area (Å²) in [7, 11) is 0. The summed E-state index contributed by atoms with van der Waals surface area (Å²) in [4.78, 5) is 11.3. The van der Waals surface area contributed by atoms with Gasteiger partial charge in [0.1, 0.15) is 12.1 Å². The zero-order valence-corrected chi connectivity index (χ0v) is 12.4. The molecule has 16 heavy (non-hydrogen) atoms. The molecular weight excluding hydrogens is 227 g/mol. The monoisotopic (exact) mass is 237 g/mol. The van der Waals surface area contributed by atoms with Crippen LogP contribution in [0.15, 0.2) is 24.5 Å². The standard InChI is InChI=1S/C10H7N4.CH3.K/c11-10-9-8(12-5-13-10)6-3-1-2-4-7(6)14-9;;/h2-5,14H,(H2,11,12,13);1H3;/q2*-1;+1. The zero-order chi connectivity index (χ0) is 9.54. The van der Waals surface area contributed by atoms with E-state index in [0.717, 1.165) is 21.9 Å². The maximum absolute atomic E-state index is 5.73. The first kappa shape index (κ1) is 13.6. The predicted molar refractivity (Wildman–Crippen MR) is 61.1 cm³/mol. The Bertz CT molecular complexity index is 617. The number of H-pyrrole nitrogens is 1. The third-order valence-corrected chi connectivity index (χ3v) is 2.26. The molecule has 0 aliphatic rings. The molecule has 2 aromatic heterocycles. The Kier molecular flexibility index (Phi) is 4.46. The van der Waals surface area contributed by atoms with Gasteiger partial charge in [0.2, 0.25) is 0 Å². The Balaban J connectivity index is 0.000000640. The fourth-order valence-corrected chi connectivity index (χ4v) is 1.60. The zero-order valence-electron chi connectivity index (χ0n) is 9.28. The number of nitrogens with one attached hydrogen (secondary N) is 1. The molecule has 76 valence electrons. The van der Waals surface area contributed by atoms with Crippen molar-refractivity contribution >= 4 is 27.8 Å². The molecule has 3 N–H and O–H groups in total. The van der Waals surface area contributed by atoms with E-state index in [2.05, 4.69) is 21.0 Å². The van der Waals surface area contributed by atoms with Gasteiger partial charge in [-0.25, -0.2) is 9.97 Å². The van der Waals surface area contributed by atoms with Gasteiger partial charge in [0, 0.05) is 5.52 Å². The van der Waals surface area contributed by atoms with E-state index in [9.17, 15) is 0 Å². The molecule has 0 bridgehead atoms. The molecular formula is C11H10KN4-. The molecule has 3 rings (SSSR count). The third kappa shape index (κ3) is 2.01. The van der Waals surface area contributed by atoms with Crippen LogP contribution in [0.2, 0.25) is 0 Å². The number of benzene rings is 1. The molecule has 0 saturated carbocycles. The van der Waals surface area contributed by atoms with Crippen molar-refractivity contribution in [3.05, 3.63) is 38.0 Å². The van der Waals surface area contributed by atoms with Crippen LogP contribution >= 0.6 is 0 Å². The molecule has 0 saturated heterocycles. The van der Waals surface area contributed by atoms with E-state index in [1.54, 1.807) is 0 Å². The van der Waals surface area contributed by atoms with Crippen molar-refractivity contribution in [3.63, 3.8) is 0 Å². The molecule has 0 aliphatic carbocycles. The van der Waals surface area contributed by atoms with Crippen LogP contribution in [0, 0.1) is 13.5 Å². The van der Waals surface area contributed by atoms with Crippen molar-refractivity contribution in [1.82, 2.24) is 15.0 Å². The van der Waals surface area contributed by atoms with Gasteiger partial charge in [-0.1, -0.05) is 10.9 Å². The van der Waals surface area contributed by atoms with E-state index < -0.39 is 0 Å². The van der Waals surface area contributed by atoms with Crippen molar-refractivity contribution in [2.75, 3.05) is 5.73 Å². The molecule has 4 nitrogen and oxygen atoms in total. The van der Waals surface area contributed by atoms with Gasteiger partial charge in [-0.15, -0.1) is 6.07 Å². The van der Waals surface area contributed by atoms with Crippen LogP contribution in [0.4, 0.5) is 5.82 Å². The smallest absolute Gasteiger partial charge is 0.382 e. The fourth-order valence-electron chi connectivity index (χ4n) is 1.60. The minimum Gasteiger partial charge on any atom is -0.382 e. The van der Waals surface area contributed by atoms with Gasteiger partial charge in [0.05, 0.1) is 5.52 Å². The second-order valence-corrected chi connectivity index (χ2v) is 3.08. The second kappa shape index (κ2) is 5.24. The summed E-state index contributed by atoms with van der Waals surface area (Å²) >= 11 is 0. The van der Waals surface area contributed by atoms with Crippen LogP contribution in [0.3, 0.4) is 0 Å². The van der Waals surface area contributed by atoms with Crippen molar-refractivity contribution in [2.45, 2.75) is 0 Å². The van der Waals surface area contributed by atoms with E-state index >= 15 is 0 Å². The Hall–Kier alpha value is -0.464. The van der Waals surface area contributed by atoms with Crippen molar-refractivity contribution in [1.29, 1.82) is 0 Å². The van der Waals surface area contributed by atoms with Crippen molar-refractivity contribution in [3.8, 4) is 0 Å². The number of anilines is 1. The van der Waals surface area contributed by atoms with Gasteiger partial charge >= 0.3 is 51.4 Å². The summed E-state index contributed by atoms with van der Waals surface area (Å²) < 4.78 is 0. The summed E-state index contributed by atoms with van der Waals surface area (Å²) in [5, 5.41) is 1.02.